The lowest BCUT2D eigenvalue weighted by Gasteiger charge is -2.39. The molecule has 1 aliphatic heterocycles. The average Bonchev–Trinajstić information content (AvgIpc) is 2.81. The van der Waals surface area contributed by atoms with E-state index in [1.165, 1.54) is 12.1 Å². The molecule has 2 aromatic rings. The number of ether oxygens (including phenoxy) is 2. The van der Waals surface area contributed by atoms with Crippen LogP contribution in [0.25, 0.3) is 0 Å². The number of rotatable bonds is 9. The van der Waals surface area contributed by atoms with E-state index in [1.54, 1.807) is 19.2 Å². The van der Waals surface area contributed by atoms with Crippen LogP contribution >= 0.6 is 0 Å². The Kier molecular flexibility index (Phi) is 8.44. The molecule has 0 aromatic heterocycles. The summed E-state index contributed by atoms with van der Waals surface area (Å²) in [5.41, 5.74) is 2.89. The number of nitrogens with one attached hydrogen (secondary N) is 1. The summed E-state index contributed by atoms with van der Waals surface area (Å²) in [5.74, 6) is -0.0641. The zero-order valence-corrected chi connectivity index (χ0v) is 19.8. The fraction of sp³-hybridized carbons (Fsp3) is 0.462. The first-order valence-corrected chi connectivity index (χ1v) is 11.5. The number of carbonyl (C=O) groups is 2. The molecule has 3 rings (SSSR count). The minimum atomic E-state index is -0.638. The fourth-order valence-corrected chi connectivity index (χ4v) is 4.12. The molecule has 6 nitrogen and oxygen atoms in total. The molecule has 0 spiro atoms. The maximum absolute atomic E-state index is 13.6. The Morgan fingerprint density at radius 2 is 1.91 bits per heavy atom. The van der Waals surface area contributed by atoms with Gasteiger partial charge in [0.2, 0.25) is 5.91 Å². The highest BCUT2D eigenvalue weighted by molar-refractivity contribution is 5.81. The van der Waals surface area contributed by atoms with Crippen molar-refractivity contribution >= 4 is 11.8 Å². The summed E-state index contributed by atoms with van der Waals surface area (Å²) in [6.07, 6.45) is 0.594. The Balaban J connectivity index is 1.93. The van der Waals surface area contributed by atoms with Crippen molar-refractivity contribution in [3.8, 4) is 5.75 Å². The van der Waals surface area contributed by atoms with Crippen molar-refractivity contribution in [3.05, 3.63) is 65.0 Å². The van der Waals surface area contributed by atoms with Gasteiger partial charge >= 0.3 is 0 Å². The fourth-order valence-electron chi connectivity index (χ4n) is 4.12. The topological polar surface area (TPSA) is 67.9 Å². The van der Waals surface area contributed by atoms with Crippen LogP contribution in [0.15, 0.2) is 42.5 Å². The summed E-state index contributed by atoms with van der Waals surface area (Å²) in [6, 6.07) is 11.7. The third-order valence-corrected chi connectivity index (χ3v) is 5.86. The van der Waals surface area contributed by atoms with E-state index in [9.17, 15) is 14.0 Å². The van der Waals surface area contributed by atoms with E-state index in [-0.39, 0.29) is 29.6 Å². The van der Waals surface area contributed by atoms with Crippen molar-refractivity contribution in [1.29, 1.82) is 0 Å². The molecule has 0 bridgehead atoms. The largest absolute Gasteiger partial charge is 0.481 e. The van der Waals surface area contributed by atoms with Crippen LogP contribution in [0.3, 0.4) is 0 Å². The molecule has 178 valence electrons. The Morgan fingerprint density at radius 3 is 2.55 bits per heavy atom. The molecule has 7 heteroatoms. The number of amides is 2. The average molecular weight is 457 g/mol. The molecule has 0 fully saturated rings. The van der Waals surface area contributed by atoms with Gasteiger partial charge < -0.3 is 19.7 Å². The van der Waals surface area contributed by atoms with Crippen LogP contribution < -0.4 is 10.1 Å². The predicted molar refractivity (Wildman–Crippen MR) is 125 cm³/mol. The number of hydrogen-bond acceptors (Lipinski definition) is 4. The van der Waals surface area contributed by atoms with Gasteiger partial charge in [-0.1, -0.05) is 39.0 Å². The summed E-state index contributed by atoms with van der Waals surface area (Å²) < 4.78 is 24.7. The second-order valence-electron chi connectivity index (χ2n) is 8.55. The monoisotopic (exact) mass is 456 g/mol. The highest BCUT2D eigenvalue weighted by Gasteiger charge is 2.33. The first-order chi connectivity index (χ1) is 15.8. The van der Waals surface area contributed by atoms with E-state index in [1.807, 2.05) is 43.9 Å². The summed E-state index contributed by atoms with van der Waals surface area (Å²) in [5, 5.41) is 2.81. The molecule has 1 heterocycles. The molecular formula is C26H33FN2O4. The van der Waals surface area contributed by atoms with Crippen molar-refractivity contribution in [2.75, 3.05) is 26.8 Å². The van der Waals surface area contributed by atoms with Crippen molar-refractivity contribution in [3.63, 3.8) is 0 Å². The van der Waals surface area contributed by atoms with Gasteiger partial charge in [-0.05, 0) is 53.8 Å². The number of nitrogens with zero attached hydrogens (tertiary/aromatic N) is 1. The number of fused-ring (bicyclic) bond motifs is 1. The number of benzene rings is 2. The van der Waals surface area contributed by atoms with Gasteiger partial charge in [-0.15, -0.1) is 0 Å². The van der Waals surface area contributed by atoms with E-state index < -0.39 is 6.10 Å². The first kappa shape index (κ1) is 24.7. The normalized spacial score (nSPS) is 16.3. The van der Waals surface area contributed by atoms with Crippen molar-refractivity contribution < 1.29 is 23.5 Å². The van der Waals surface area contributed by atoms with Crippen LogP contribution in [-0.4, -0.2) is 49.6 Å². The maximum Gasteiger partial charge on any atom is 0.261 e. The molecule has 2 amide bonds. The number of hydrogen-bond donors (Lipinski definition) is 1. The minimum Gasteiger partial charge on any atom is -0.481 e. The zero-order chi connectivity index (χ0) is 24.0. The summed E-state index contributed by atoms with van der Waals surface area (Å²) in [7, 11) is 1.58. The Morgan fingerprint density at radius 1 is 1.18 bits per heavy atom. The van der Waals surface area contributed by atoms with Crippen LogP contribution in [0.2, 0.25) is 0 Å². The molecule has 2 unspecified atom stereocenters. The van der Waals surface area contributed by atoms with Gasteiger partial charge in [-0.2, -0.15) is 0 Å². The van der Waals surface area contributed by atoms with E-state index in [2.05, 4.69) is 5.32 Å². The first-order valence-electron chi connectivity index (χ1n) is 11.5. The Labute approximate surface area is 195 Å². The smallest absolute Gasteiger partial charge is 0.261 e. The second kappa shape index (κ2) is 11.3. The van der Waals surface area contributed by atoms with Crippen molar-refractivity contribution in [2.45, 2.75) is 45.8 Å². The van der Waals surface area contributed by atoms with Gasteiger partial charge in [-0.3, -0.25) is 9.59 Å². The van der Waals surface area contributed by atoms with Gasteiger partial charge in [0.25, 0.3) is 5.91 Å². The van der Waals surface area contributed by atoms with Crippen LogP contribution in [0.4, 0.5) is 4.39 Å². The molecule has 2 aromatic carbocycles. The number of halogens is 1. The van der Waals surface area contributed by atoms with Crippen LogP contribution in [0.5, 0.6) is 5.75 Å². The van der Waals surface area contributed by atoms with Gasteiger partial charge in [0, 0.05) is 26.1 Å². The lowest BCUT2D eigenvalue weighted by Crippen LogP contribution is -2.42. The standard InChI is InChI=1S/C26H33FN2O4/c1-5-23(25(30)28-13-15-32-4)33-21-11-8-18-12-14-29(26(31)17(2)3)24(22(18)16-21)19-6-9-20(27)10-7-19/h6-11,16-17,23-24H,5,12-15H2,1-4H3,(H,28,30). The van der Waals surface area contributed by atoms with Gasteiger partial charge in [0.1, 0.15) is 11.6 Å². The van der Waals surface area contributed by atoms with Gasteiger partial charge in [0.15, 0.2) is 6.10 Å². The summed E-state index contributed by atoms with van der Waals surface area (Å²) >= 11 is 0. The molecule has 0 radical (unpaired) electrons. The lowest BCUT2D eigenvalue weighted by atomic mass is 9.87. The Bertz CT molecular complexity index is 961. The predicted octanol–water partition coefficient (Wildman–Crippen LogP) is 3.88. The number of methoxy groups -OCH3 is 1. The van der Waals surface area contributed by atoms with E-state index in [4.69, 9.17) is 9.47 Å². The molecule has 33 heavy (non-hydrogen) atoms. The molecule has 2 atom stereocenters. The van der Waals surface area contributed by atoms with E-state index >= 15 is 0 Å². The Hall–Kier alpha value is -2.93. The minimum absolute atomic E-state index is 0.0465. The van der Waals surface area contributed by atoms with E-state index in [0.717, 1.165) is 23.1 Å². The summed E-state index contributed by atoms with van der Waals surface area (Å²) in [4.78, 5) is 27.4. The SMILES string of the molecule is CCC(Oc1ccc2c(c1)C(c1ccc(F)cc1)N(C(=O)C(C)C)CC2)C(=O)NCCOC. The van der Waals surface area contributed by atoms with Crippen LogP contribution in [0.1, 0.15) is 49.9 Å². The van der Waals surface area contributed by atoms with E-state index in [0.29, 0.717) is 31.9 Å². The van der Waals surface area contributed by atoms with Crippen LogP contribution in [-0.2, 0) is 20.7 Å². The second-order valence-corrected chi connectivity index (χ2v) is 8.55. The third kappa shape index (κ3) is 5.90. The maximum atomic E-state index is 13.6. The molecule has 0 saturated carbocycles. The third-order valence-electron chi connectivity index (χ3n) is 5.86. The highest BCUT2D eigenvalue weighted by atomic mass is 19.1. The molecular weight excluding hydrogens is 423 g/mol. The molecule has 0 aliphatic carbocycles. The van der Waals surface area contributed by atoms with Crippen molar-refractivity contribution in [1.82, 2.24) is 10.2 Å². The van der Waals surface area contributed by atoms with Crippen molar-refractivity contribution in [2.24, 2.45) is 5.92 Å². The highest BCUT2D eigenvalue weighted by Crippen LogP contribution is 2.38. The molecule has 0 saturated heterocycles. The van der Waals surface area contributed by atoms with Gasteiger partial charge in [0.05, 0.1) is 12.6 Å². The van der Waals surface area contributed by atoms with Crippen LogP contribution in [0, 0.1) is 11.7 Å². The number of carbonyl (C=O) groups excluding carboxylic acids is 2. The lowest BCUT2D eigenvalue weighted by molar-refractivity contribution is -0.136. The molecule has 1 aliphatic rings. The van der Waals surface area contributed by atoms with Gasteiger partial charge in [-0.25, -0.2) is 4.39 Å². The molecule has 1 N–H and O–H groups in total. The summed E-state index contributed by atoms with van der Waals surface area (Å²) in [6.45, 7) is 7.09. The quantitative estimate of drug-likeness (QED) is 0.582. The zero-order valence-electron chi connectivity index (χ0n) is 19.8.